The number of carbonyl (C=O) groups excluding carboxylic acids is 1. The maximum Gasteiger partial charge on any atom is 0.320 e. The Balaban J connectivity index is 2.07. The summed E-state index contributed by atoms with van der Waals surface area (Å²) in [5.74, 6) is -0.158. The highest BCUT2D eigenvalue weighted by Crippen LogP contribution is 2.20. The average Bonchev–Trinajstić information content (AvgIpc) is 2.29. The molecule has 1 aliphatic rings. The molecule has 1 unspecified atom stereocenters. The zero-order valence-corrected chi connectivity index (χ0v) is 11.4. The van der Waals surface area contributed by atoms with Crippen molar-refractivity contribution in [2.45, 2.75) is 55.5 Å². The molecule has 0 aliphatic heterocycles. The highest BCUT2D eigenvalue weighted by molar-refractivity contribution is 14.1. The largest absolute Gasteiger partial charge is 0.438 e. The molecule has 0 N–H and O–H groups in total. The van der Waals surface area contributed by atoms with Crippen LogP contribution in [0.3, 0.4) is 0 Å². The van der Waals surface area contributed by atoms with Crippen molar-refractivity contribution in [3.63, 3.8) is 0 Å². The number of halogens is 1. The summed E-state index contributed by atoms with van der Waals surface area (Å²) in [6.07, 6.45) is 7.12. The summed E-state index contributed by atoms with van der Waals surface area (Å²) in [7, 11) is 0. The van der Waals surface area contributed by atoms with E-state index in [0.717, 1.165) is 19.3 Å². The third-order valence-corrected chi connectivity index (χ3v) is 4.06. The molecule has 0 aromatic rings. The quantitative estimate of drug-likeness (QED) is 0.337. The lowest BCUT2D eigenvalue weighted by molar-refractivity contribution is -0.161. The Morgan fingerprint density at radius 1 is 1.40 bits per heavy atom. The van der Waals surface area contributed by atoms with Gasteiger partial charge < -0.3 is 9.47 Å². The number of ether oxygens (including phenoxy) is 2. The lowest BCUT2D eigenvalue weighted by Crippen LogP contribution is -2.22. The summed E-state index contributed by atoms with van der Waals surface area (Å²) in [5, 5.41) is 0. The lowest BCUT2D eigenvalue weighted by Gasteiger charge is -2.21. The van der Waals surface area contributed by atoms with Gasteiger partial charge in [0.15, 0.2) is 6.79 Å². The van der Waals surface area contributed by atoms with Crippen LogP contribution in [0.4, 0.5) is 0 Å². The molecular formula is C11H19IO3. The molecule has 0 spiro atoms. The second-order valence-corrected chi connectivity index (χ2v) is 5.39. The third kappa shape index (κ3) is 5.15. The molecule has 0 bridgehead atoms. The van der Waals surface area contributed by atoms with Crippen molar-refractivity contribution in [3.8, 4) is 0 Å². The fourth-order valence-corrected chi connectivity index (χ4v) is 1.86. The molecule has 1 aliphatic carbocycles. The average molecular weight is 326 g/mol. The highest BCUT2D eigenvalue weighted by atomic mass is 127. The van der Waals surface area contributed by atoms with E-state index in [4.69, 9.17) is 9.47 Å². The van der Waals surface area contributed by atoms with Crippen molar-refractivity contribution in [3.05, 3.63) is 0 Å². The highest BCUT2D eigenvalue weighted by Gasteiger charge is 2.16. The van der Waals surface area contributed by atoms with E-state index < -0.39 is 0 Å². The van der Waals surface area contributed by atoms with Gasteiger partial charge in [0.05, 0.1) is 6.10 Å². The first kappa shape index (κ1) is 13.2. The van der Waals surface area contributed by atoms with E-state index in [1.807, 2.05) is 6.92 Å². The Bertz CT molecular complexity index is 190. The number of hydrogen-bond acceptors (Lipinski definition) is 3. The van der Waals surface area contributed by atoms with Gasteiger partial charge in [0.2, 0.25) is 0 Å². The van der Waals surface area contributed by atoms with Crippen LogP contribution in [0, 0.1) is 0 Å². The minimum Gasteiger partial charge on any atom is -0.438 e. The first-order valence-corrected chi connectivity index (χ1v) is 6.91. The molecule has 0 radical (unpaired) electrons. The molecular weight excluding hydrogens is 307 g/mol. The number of rotatable bonds is 5. The number of carbonyl (C=O) groups is 1. The van der Waals surface area contributed by atoms with Crippen molar-refractivity contribution in [1.29, 1.82) is 0 Å². The fourth-order valence-electron chi connectivity index (χ4n) is 1.68. The van der Waals surface area contributed by atoms with Gasteiger partial charge in [-0.1, -0.05) is 48.8 Å². The summed E-state index contributed by atoms with van der Waals surface area (Å²) in [4.78, 5) is 11.3. The van der Waals surface area contributed by atoms with Gasteiger partial charge in [-0.3, -0.25) is 4.79 Å². The molecule has 0 saturated heterocycles. The maximum atomic E-state index is 11.3. The van der Waals surface area contributed by atoms with Crippen LogP contribution in [0.15, 0.2) is 0 Å². The third-order valence-electron chi connectivity index (χ3n) is 2.67. The monoisotopic (exact) mass is 326 g/mol. The Hall–Kier alpha value is 0.160. The Labute approximate surface area is 105 Å². The molecule has 1 rings (SSSR count). The second-order valence-electron chi connectivity index (χ2n) is 3.88. The fraction of sp³-hybridized carbons (Fsp3) is 0.909. The Morgan fingerprint density at radius 2 is 2.07 bits per heavy atom. The van der Waals surface area contributed by atoms with Gasteiger partial charge in [-0.05, 0) is 19.3 Å². The molecule has 0 heterocycles. The van der Waals surface area contributed by atoms with Crippen LogP contribution >= 0.6 is 22.6 Å². The van der Waals surface area contributed by atoms with Crippen LogP contribution in [-0.4, -0.2) is 22.8 Å². The van der Waals surface area contributed by atoms with E-state index in [2.05, 4.69) is 22.6 Å². The number of esters is 1. The van der Waals surface area contributed by atoms with Gasteiger partial charge in [-0.25, -0.2) is 0 Å². The van der Waals surface area contributed by atoms with Crippen molar-refractivity contribution in [1.82, 2.24) is 0 Å². The van der Waals surface area contributed by atoms with Crippen LogP contribution in [0.25, 0.3) is 0 Å². The molecule has 4 heteroatoms. The topological polar surface area (TPSA) is 35.5 Å². The van der Waals surface area contributed by atoms with Crippen molar-refractivity contribution >= 4 is 28.6 Å². The molecule has 1 saturated carbocycles. The SMILES string of the molecule is CCC(I)C(=O)OCOC1CCCCC1. The van der Waals surface area contributed by atoms with Crippen LogP contribution in [0.2, 0.25) is 0 Å². The summed E-state index contributed by atoms with van der Waals surface area (Å²) < 4.78 is 10.5. The standard InChI is InChI=1S/C11H19IO3/c1-2-10(12)11(13)15-8-14-9-6-4-3-5-7-9/h9-10H,2-8H2,1H3. The van der Waals surface area contributed by atoms with E-state index in [0.29, 0.717) is 6.10 Å². The van der Waals surface area contributed by atoms with E-state index in [-0.39, 0.29) is 16.7 Å². The van der Waals surface area contributed by atoms with Gasteiger partial charge in [0, 0.05) is 0 Å². The predicted octanol–water partition coefficient (Wildman–Crippen LogP) is 3.05. The lowest BCUT2D eigenvalue weighted by atomic mass is 9.98. The summed E-state index contributed by atoms with van der Waals surface area (Å²) in [6, 6.07) is 0. The minimum atomic E-state index is -0.158. The Morgan fingerprint density at radius 3 is 2.67 bits per heavy atom. The van der Waals surface area contributed by atoms with Gasteiger partial charge in [-0.2, -0.15) is 0 Å². The van der Waals surface area contributed by atoms with E-state index in [1.54, 1.807) is 0 Å². The first-order chi connectivity index (χ1) is 7.24. The Kier molecular flexibility index (Phi) is 6.56. The summed E-state index contributed by atoms with van der Waals surface area (Å²) in [5.41, 5.74) is 0. The molecule has 3 nitrogen and oxygen atoms in total. The molecule has 88 valence electrons. The molecule has 0 amide bonds. The molecule has 1 atom stereocenters. The zero-order valence-electron chi connectivity index (χ0n) is 9.21. The van der Waals surface area contributed by atoms with Crippen LogP contribution in [0.1, 0.15) is 45.4 Å². The van der Waals surface area contributed by atoms with Gasteiger partial charge in [0.1, 0.15) is 3.92 Å². The normalized spacial score (nSPS) is 19.9. The van der Waals surface area contributed by atoms with Gasteiger partial charge in [-0.15, -0.1) is 0 Å². The molecule has 0 aromatic carbocycles. The van der Waals surface area contributed by atoms with Gasteiger partial charge >= 0.3 is 5.97 Å². The van der Waals surface area contributed by atoms with E-state index in [1.165, 1.54) is 19.3 Å². The van der Waals surface area contributed by atoms with Gasteiger partial charge in [0.25, 0.3) is 0 Å². The summed E-state index contributed by atoms with van der Waals surface area (Å²) in [6.45, 7) is 2.10. The van der Waals surface area contributed by atoms with Crippen molar-refractivity contribution in [2.24, 2.45) is 0 Å². The van der Waals surface area contributed by atoms with Crippen molar-refractivity contribution < 1.29 is 14.3 Å². The first-order valence-electron chi connectivity index (χ1n) is 5.66. The van der Waals surface area contributed by atoms with E-state index in [9.17, 15) is 4.79 Å². The van der Waals surface area contributed by atoms with Crippen LogP contribution in [-0.2, 0) is 14.3 Å². The predicted molar refractivity (Wildman–Crippen MR) is 67.0 cm³/mol. The molecule has 1 fully saturated rings. The van der Waals surface area contributed by atoms with E-state index >= 15 is 0 Å². The molecule has 15 heavy (non-hydrogen) atoms. The minimum absolute atomic E-state index is 0.0439. The number of alkyl halides is 1. The van der Waals surface area contributed by atoms with Crippen molar-refractivity contribution in [2.75, 3.05) is 6.79 Å². The molecule has 0 aromatic heterocycles. The maximum absolute atomic E-state index is 11.3. The van der Waals surface area contributed by atoms with Crippen LogP contribution in [0.5, 0.6) is 0 Å². The van der Waals surface area contributed by atoms with Crippen LogP contribution < -0.4 is 0 Å². The smallest absolute Gasteiger partial charge is 0.320 e. The zero-order chi connectivity index (χ0) is 11.1. The number of hydrogen-bond donors (Lipinski definition) is 0. The summed E-state index contributed by atoms with van der Waals surface area (Å²) >= 11 is 2.10. The second kappa shape index (κ2) is 7.44.